The molecular formula is C21H23ClN4O2. The van der Waals surface area contributed by atoms with Gasteiger partial charge in [-0.25, -0.2) is 4.98 Å². The van der Waals surface area contributed by atoms with Crippen molar-refractivity contribution in [2.45, 2.75) is 13.3 Å². The van der Waals surface area contributed by atoms with Crippen LogP contribution in [0.1, 0.15) is 11.3 Å². The van der Waals surface area contributed by atoms with Gasteiger partial charge in [0, 0.05) is 29.4 Å². The molecule has 0 atom stereocenters. The smallest absolute Gasteiger partial charge is 0.224 e. The maximum Gasteiger partial charge on any atom is 0.224 e. The summed E-state index contributed by atoms with van der Waals surface area (Å²) in [5.74, 6) is 2.68. The Balaban J connectivity index is 1.70. The second kappa shape index (κ2) is 9.28. The normalized spacial score (nSPS) is 10.4. The van der Waals surface area contributed by atoms with Crippen LogP contribution in [0.3, 0.4) is 0 Å². The molecule has 0 aliphatic heterocycles. The fourth-order valence-electron chi connectivity index (χ4n) is 2.73. The number of aromatic nitrogens is 2. The van der Waals surface area contributed by atoms with Crippen LogP contribution >= 0.6 is 11.6 Å². The van der Waals surface area contributed by atoms with Crippen molar-refractivity contribution in [1.82, 2.24) is 9.97 Å². The Labute approximate surface area is 169 Å². The highest BCUT2D eigenvalue weighted by Gasteiger charge is 2.08. The van der Waals surface area contributed by atoms with Crippen LogP contribution in [0.2, 0.25) is 5.02 Å². The first-order valence-corrected chi connectivity index (χ1v) is 9.28. The first kappa shape index (κ1) is 19.8. The molecule has 146 valence electrons. The van der Waals surface area contributed by atoms with Gasteiger partial charge in [-0.2, -0.15) is 4.98 Å². The zero-order valence-corrected chi connectivity index (χ0v) is 16.9. The van der Waals surface area contributed by atoms with Gasteiger partial charge < -0.3 is 20.1 Å². The summed E-state index contributed by atoms with van der Waals surface area (Å²) < 4.78 is 10.7. The fourth-order valence-corrected chi connectivity index (χ4v) is 2.86. The minimum absolute atomic E-state index is 0.568. The van der Waals surface area contributed by atoms with Crippen LogP contribution in [0.15, 0.2) is 48.5 Å². The van der Waals surface area contributed by atoms with E-state index < -0.39 is 0 Å². The number of halogens is 1. The molecule has 0 aliphatic rings. The number of hydrogen-bond acceptors (Lipinski definition) is 6. The van der Waals surface area contributed by atoms with Gasteiger partial charge in [0.05, 0.1) is 19.9 Å². The number of anilines is 3. The average molecular weight is 399 g/mol. The lowest BCUT2D eigenvalue weighted by Crippen LogP contribution is -2.09. The zero-order chi connectivity index (χ0) is 19.9. The quantitative estimate of drug-likeness (QED) is 0.565. The summed E-state index contributed by atoms with van der Waals surface area (Å²) >= 11 is 5.92. The molecule has 0 fully saturated rings. The molecule has 28 heavy (non-hydrogen) atoms. The molecule has 1 aromatic heterocycles. The van der Waals surface area contributed by atoms with Gasteiger partial charge in [-0.3, -0.25) is 0 Å². The van der Waals surface area contributed by atoms with Crippen molar-refractivity contribution in [3.63, 3.8) is 0 Å². The van der Waals surface area contributed by atoms with Gasteiger partial charge in [0.15, 0.2) is 0 Å². The van der Waals surface area contributed by atoms with Gasteiger partial charge in [0.1, 0.15) is 17.3 Å². The van der Waals surface area contributed by atoms with Crippen molar-refractivity contribution >= 4 is 29.1 Å². The van der Waals surface area contributed by atoms with E-state index in [-0.39, 0.29) is 0 Å². The molecule has 1 heterocycles. The number of methoxy groups -OCH3 is 2. The van der Waals surface area contributed by atoms with E-state index in [1.54, 1.807) is 14.2 Å². The molecule has 7 heteroatoms. The van der Waals surface area contributed by atoms with Crippen molar-refractivity contribution in [1.29, 1.82) is 0 Å². The lowest BCUT2D eigenvalue weighted by molar-refractivity contribution is 0.405. The summed E-state index contributed by atoms with van der Waals surface area (Å²) in [5.41, 5.74) is 2.82. The Morgan fingerprint density at radius 1 is 0.964 bits per heavy atom. The summed E-state index contributed by atoms with van der Waals surface area (Å²) in [6, 6.07) is 15.3. The Kier molecular flexibility index (Phi) is 6.55. The van der Waals surface area contributed by atoms with Crippen molar-refractivity contribution < 1.29 is 9.47 Å². The summed E-state index contributed by atoms with van der Waals surface area (Å²) in [6.45, 7) is 2.65. The molecule has 0 saturated carbocycles. The standard InChI is InChI=1S/C21H23ClN4O2/c1-14-12-20(25-18-13-17(27-2)8-9-19(18)28-3)26-21(24-14)23-11-10-15-4-6-16(22)7-5-15/h4-9,12-13H,10-11H2,1-3H3,(H2,23,24,25,26). The molecular weight excluding hydrogens is 376 g/mol. The number of rotatable bonds is 8. The number of benzene rings is 2. The van der Waals surface area contributed by atoms with Gasteiger partial charge in [-0.1, -0.05) is 23.7 Å². The molecule has 0 aliphatic carbocycles. The number of nitrogens with zero attached hydrogens (tertiary/aromatic N) is 2. The number of nitrogens with one attached hydrogen (secondary N) is 2. The highest BCUT2D eigenvalue weighted by atomic mass is 35.5. The van der Waals surface area contributed by atoms with Gasteiger partial charge in [0.2, 0.25) is 5.95 Å². The minimum atomic E-state index is 0.568. The first-order valence-electron chi connectivity index (χ1n) is 8.90. The molecule has 0 bridgehead atoms. The highest BCUT2D eigenvalue weighted by Crippen LogP contribution is 2.31. The van der Waals surface area contributed by atoms with Crippen molar-refractivity contribution in [2.75, 3.05) is 31.4 Å². The van der Waals surface area contributed by atoms with Crippen LogP contribution in [0, 0.1) is 6.92 Å². The maximum atomic E-state index is 5.92. The minimum Gasteiger partial charge on any atom is -0.497 e. The highest BCUT2D eigenvalue weighted by molar-refractivity contribution is 6.30. The number of hydrogen-bond donors (Lipinski definition) is 2. The topological polar surface area (TPSA) is 68.3 Å². The summed E-state index contributed by atoms with van der Waals surface area (Å²) in [5, 5.41) is 7.30. The van der Waals surface area contributed by atoms with Crippen LogP contribution in [-0.2, 0) is 6.42 Å². The third-order valence-corrected chi connectivity index (χ3v) is 4.39. The Bertz CT molecular complexity index is 932. The number of aryl methyl sites for hydroxylation is 1. The predicted molar refractivity (Wildman–Crippen MR) is 113 cm³/mol. The second-order valence-corrected chi connectivity index (χ2v) is 6.65. The average Bonchev–Trinajstić information content (AvgIpc) is 2.69. The summed E-state index contributed by atoms with van der Waals surface area (Å²) in [4.78, 5) is 9.01. The Hall–Kier alpha value is -2.99. The van der Waals surface area contributed by atoms with Crippen molar-refractivity contribution in [2.24, 2.45) is 0 Å². The molecule has 0 spiro atoms. The lowest BCUT2D eigenvalue weighted by atomic mass is 10.1. The van der Waals surface area contributed by atoms with E-state index in [1.165, 1.54) is 5.56 Å². The maximum absolute atomic E-state index is 5.92. The van der Waals surface area contributed by atoms with Crippen molar-refractivity contribution in [3.05, 3.63) is 64.8 Å². The molecule has 0 unspecified atom stereocenters. The molecule has 2 aromatic carbocycles. The SMILES string of the molecule is COc1ccc(OC)c(Nc2cc(C)nc(NCCc3ccc(Cl)cc3)n2)c1. The molecule has 2 N–H and O–H groups in total. The largest absolute Gasteiger partial charge is 0.497 e. The van der Waals surface area contributed by atoms with E-state index in [2.05, 4.69) is 20.6 Å². The molecule has 6 nitrogen and oxygen atoms in total. The fraction of sp³-hybridized carbons (Fsp3) is 0.238. The summed E-state index contributed by atoms with van der Waals surface area (Å²) in [7, 11) is 3.26. The van der Waals surface area contributed by atoms with Crippen LogP contribution in [0.5, 0.6) is 11.5 Å². The third-order valence-electron chi connectivity index (χ3n) is 4.13. The molecule has 3 rings (SSSR count). The van der Waals surface area contributed by atoms with E-state index in [9.17, 15) is 0 Å². The lowest BCUT2D eigenvalue weighted by Gasteiger charge is -2.13. The van der Waals surface area contributed by atoms with Gasteiger partial charge in [-0.05, 0) is 43.2 Å². The van der Waals surface area contributed by atoms with Crippen LogP contribution in [-0.4, -0.2) is 30.7 Å². The molecule has 0 radical (unpaired) electrons. The second-order valence-electron chi connectivity index (χ2n) is 6.21. The predicted octanol–water partition coefficient (Wildman–Crippen LogP) is 4.85. The molecule has 3 aromatic rings. The van der Waals surface area contributed by atoms with Gasteiger partial charge in [-0.15, -0.1) is 0 Å². The van der Waals surface area contributed by atoms with Crippen molar-refractivity contribution in [3.8, 4) is 11.5 Å². The van der Waals surface area contributed by atoms with Gasteiger partial charge in [0.25, 0.3) is 0 Å². The van der Waals surface area contributed by atoms with Crippen LogP contribution < -0.4 is 20.1 Å². The van der Waals surface area contributed by atoms with E-state index >= 15 is 0 Å². The van der Waals surface area contributed by atoms with E-state index in [4.69, 9.17) is 21.1 Å². The van der Waals surface area contributed by atoms with E-state index in [1.807, 2.05) is 55.5 Å². The first-order chi connectivity index (χ1) is 13.6. The number of ether oxygens (including phenoxy) is 2. The molecule has 0 saturated heterocycles. The van der Waals surface area contributed by atoms with Crippen LogP contribution in [0.4, 0.5) is 17.5 Å². The van der Waals surface area contributed by atoms with Gasteiger partial charge >= 0.3 is 0 Å². The molecule has 0 amide bonds. The van der Waals surface area contributed by atoms with E-state index in [0.29, 0.717) is 24.1 Å². The Morgan fingerprint density at radius 2 is 1.75 bits per heavy atom. The zero-order valence-electron chi connectivity index (χ0n) is 16.1. The van der Waals surface area contributed by atoms with Crippen LogP contribution in [0.25, 0.3) is 0 Å². The third kappa shape index (κ3) is 5.27. The van der Waals surface area contributed by atoms with E-state index in [0.717, 1.165) is 28.6 Å². The summed E-state index contributed by atoms with van der Waals surface area (Å²) in [6.07, 6.45) is 0.848. The Morgan fingerprint density at radius 3 is 2.46 bits per heavy atom. The monoisotopic (exact) mass is 398 g/mol.